The van der Waals surface area contributed by atoms with Crippen LogP contribution in [0.4, 0.5) is 0 Å². The minimum atomic E-state index is -0.400. The molecule has 2 aromatic heterocycles. The predicted molar refractivity (Wildman–Crippen MR) is 216 cm³/mol. The number of rotatable bonds is 5. The molecule has 1 aliphatic heterocycles. The molecule has 0 N–H and O–H groups in total. The fourth-order valence-corrected chi connectivity index (χ4v) is 9.51. The van der Waals surface area contributed by atoms with Gasteiger partial charge in [-0.2, -0.15) is 0 Å². The Morgan fingerprint density at radius 3 is 1.28 bits per heavy atom. The Hall–Kier alpha value is -4.20. The van der Waals surface area contributed by atoms with Crippen molar-refractivity contribution in [3.8, 4) is 45.4 Å². The maximum atomic E-state index is 6.27. The quantitative estimate of drug-likeness (QED) is 0.170. The van der Waals surface area contributed by atoms with E-state index in [0.29, 0.717) is 17.5 Å². The highest BCUT2D eigenvalue weighted by Gasteiger charge is 2.51. The summed E-state index contributed by atoms with van der Waals surface area (Å²) < 4.78 is 12.5. The van der Waals surface area contributed by atoms with Crippen LogP contribution in [0.5, 0.6) is 0 Å². The highest BCUT2D eigenvalue weighted by molar-refractivity contribution is 6.62. The first-order valence-electron chi connectivity index (χ1n) is 19.2. The van der Waals surface area contributed by atoms with Gasteiger partial charge in [0.2, 0.25) is 0 Å². The lowest BCUT2D eigenvalue weighted by molar-refractivity contribution is 0.00578. The van der Waals surface area contributed by atoms with E-state index in [1.807, 2.05) is 12.3 Å². The topological polar surface area (TPSA) is 70.0 Å². The first-order chi connectivity index (χ1) is 24.7. The Morgan fingerprint density at radius 1 is 0.453 bits per heavy atom. The molecular formula is C46H53BN4O2. The van der Waals surface area contributed by atoms with Gasteiger partial charge in [0.1, 0.15) is 0 Å². The average Bonchev–Trinajstić information content (AvgIpc) is 3.53. The molecule has 8 rings (SSSR count). The second-order valence-corrected chi connectivity index (χ2v) is 19.4. The van der Waals surface area contributed by atoms with Gasteiger partial charge in [-0.05, 0) is 114 Å². The summed E-state index contributed by atoms with van der Waals surface area (Å²) in [7, 11) is -0.400. The molecule has 3 aromatic carbocycles. The molecule has 0 saturated carbocycles. The van der Waals surface area contributed by atoms with Crippen molar-refractivity contribution in [3.05, 3.63) is 101 Å². The molecule has 7 heteroatoms. The molecule has 3 heterocycles. The molecule has 1 fully saturated rings. The van der Waals surface area contributed by atoms with Crippen LogP contribution in [0.15, 0.2) is 79.0 Å². The van der Waals surface area contributed by atoms with Gasteiger partial charge in [0.25, 0.3) is 0 Å². The molecule has 0 bridgehead atoms. The van der Waals surface area contributed by atoms with Crippen molar-refractivity contribution < 1.29 is 9.31 Å². The van der Waals surface area contributed by atoms with Crippen LogP contribution < -0.4 is 5.46 Å². The number of hydrogen-bond donors (Lipinski definition) is 0. The SMILES string of the molecule is CC1(C)CC(C)(C)c2cc(-c3nc(-c4ccc(-c5ccc(B6OC(C)(C)C(C)(C)O6)cc5)nc4)nc(-c4ccc5c(c4)C(C)(C)CC5(C)C)n3)ccc21. The van der Waals surface area contributed by atoms with E-state index < -0.39 is 7.12 Å². The number of pyridine rings is 1. The van der Waals surface area contributed by atoms with Crippen LogP contribution in [-0.2, 0) is 31.0 Å². The summed E-state index contributed by atoms with van der Waals surface area (Å²) in [6, 6.07) is 26.0. The van der Waals surface area contributed by atoms with Gasteiger partial charge in [-0.3, -0.25) is 4.98 Å². The number of benzene rings is 3. The molecule has 0 atom stereocenters. The average molecular weight is 705 g/mol. The van der Waals surface area contributed by atoms with Gasteiger partial charge >= 0.3 is 7.12 Å². The number of fused-ring (bicyclic) bond motifs is 2. The zero-order valence-electron chi connectivity index (χ0n) is 33.6. The van der Waals surface area contributed by atoms with Crippen LogP contribution in [0.2, 0.25) is 0 Å². The van der Waals surface area contributed by atoms with E-state index in [1.165, 1.54) is 22.3 Å². The Balaban J connectivity index is 1.17. The first kappa shape index (κ1) is 35.8. The smallest absolute Gasteiger partial charge is 0.399 e. The Kier molecular flexibility index (Phi) is 7.87. The fraction of sp³-hybridized carbons (Fsp3) is 0.435. The summed E-state index contributed by atoms with van der Waals surface area (Å²) >= 11 is 0. The molecule has 0 radical (unpaired) electrons. The van der Waals surface area contributed by atoms with Gasteiger partial charge in [0.15, 0.2) is 17.5 Å². The second kappa shape index (κ2) is 11.7. The van der Waals surface area contributed by atoms with Crippen LogP contribution in [0, 0.1) is 0 Å². The molecular weight excluding hydrogens is 651 g/mol. The molecule has 0 amide bonds. The van der Waals surface area contributed by atoms with Crippen molar-refractivity contribution in [2.45, 2.75) is 129 Å². The Bertz CT molecular complexity index is 2140. The summed E-state index contributed by atoms with van der Waals surface area (Å²) in [5, 5.41) is 0. The molecule has 53 heavy (non-hydrogen) atoms. The van der Waals surface area contributed by atoms with Crippen molar-refractivity contribution in [3.63, 3.8) is 0 Å². The lowest BCUT2D eigenvalue weighted by Crippen LogP contribution is -2.41. The Labute approximate surface area is 316 Å². The largest absolute Gasteiger partial charge is 0.494 e. The monoisotopic (exact) mass is 704 g/mol. The molecule has 5 aromatic rings. The summed E-state index contributed by atoms with van der Waals surface area (Å²) in [6.07, 6.45) is 4.09. The highest BCUT2D eigenvalue weighted by atomic mass is 16.7. The molecule has 6 nitrogen and oxygen atoms in total. The van der Waals surface area contributed by atoms with Gasteiger partial charge in [0.05, 0.1) is 16.9 Å². The minimum absolute atomic E-state index is 0.0637. The van der Waals surface area contributed by atoms with Gasteiger partial charge in [-0.15, -0.1) is 0 Å². The molecule has 1 saturated heterocycles. The van der Waals surface area contributed by atoms with E-state index in [4.69, 9.17) is 29.2 Å². The van der Waals surface area contributed by atoms with Gasteiger partial charge in [-0.25, -0.2) is 15.0 Å². The normalized spacial score (nSPS) is 21.0. The standard InChI is InChI=1S/C46H53BN4O2/c1-41(2)26-43(5,6)35-23-29(15-20-33(35)41)38-49-39(30-16-21-34-36(24-30)44(7,8)27-42(34,3)4)51-40(50-38)31-17-22-37(48-25-31)28-13-18-32(19-14-28)47-52-45(9,10)46(11,12)53-47/h13-25H,26-27H2,1-12H3. The van der Waals surface area contributed by atoms with Crippen LogP contribution in [-0.4, -0.2) is 38.3 Å². The summed E-state index contributed by atoms with van der Waals surface area (Å²) in [5.41, 5.74) is 10.9. The maximum absolute atomic E-state index is 6.27. The van der Waals surface area contributed by atoms with E-state index in [-0.39, 0.29) is 32.9 Å². The third kappa shape index (κ3) is 6.05. The summed E-state index contributed by atoms with van der Waals surface area (Å²) in [6.45, 7) is 27.1. The van der Waals surface area contributed by atoms with E-state index >= 15 is 0 Å². The van der Waals surface area contributed by atoms with E-state index in [2.05, 4.69) is 150 Å². The van der Waals surface area contributed by atoms with Gasteiger partial charge in [-0.1, -0.05) is 104 Å². The Morgan fingerprint density at radius 2 is 0.849 bits per heavy atom. The number of aromatic nitrogens is 4. The van der Waals surface area contributed by atoms with Crippen LogP contribution in [0.25, 0.3) is 45.4 Å². The van der Waals surface area contributed by atoms with Crippen molar-refractivity contribution in [2.24, 2.45) is 0 Å². The van der Waals surface area contributed by atoms with Crippen LogP contribution in [0.1, 0.15) is 118 Å². The fourth-order valence-electron chi connectivity index (χ4n) is 9.51. The van der Waals surface area contributed by atoms with Crippen molar-refractivity contribution in [2.75, 3.05) is 0 Å². The number of nitrogens with zero attached hydrogens (tertiary/aromatic N) is 4. The maximum Gasteiger partial charge on any atom is 0.494 e. The van der Waals surface area contributed by atoms with Crippen molar-refractivity contribution in [1.29, 1.82) is 0 Å². The molecule has 0 unspecified atom stereocenters. The zero-order valence-corrected chi connectivity index (χ0v) is 33.6. The summed E-state index contributed by atoms with van der Waals surface area (Å²) in [4.78, 5) is 20.3. The molecule has 0 spiro atoms. The van der Waals surface area contributed by atoms with Gasteiger partial charge in [0, 0.05) is 28.5 Å². The third-order valence-corrected chi connectivity index (χ3v) is 12.6. The zero-order chi connectivity index (χ0) is 37.9. The second-order valence-electron chi connectivity index (χ2n) is 19.4. The third-order valence-electron chi connectivity index (χ3n) is 12.6. The van der Waals surface area contributed by atoms with Crippen molar-refractivity contribution >= 4 is 12.6 Å². The first-order valence-corrected chi connectivity index (χ1v) is 19.2. The molecule has 3 aliphatic rings. The highest BCUT2D eigenvalue weighted by Crippen LogP contribution is 2.51. The predicted octanol–water partition coefficient (Wildman–Crippen LogP) is 10.2. The summed E-state index contributed by atoms with van der Waals surface area (Å²) in [5.74, 6) is 1.96. The van der Waals surface area contributed by atoms with E-state index in [9.17, 15) is 0 Å². The lowest BCUT2D eigenvalue weighted by atomic mass is 9.79. The van der Waals surface area contributed by atoms with Crippen LogP contribution in [0.3, 0.4) is 0 Å². The van der Waals surface area contributed by atoms with E-state index in [1.54, 1.807) is 0 Å². The van der Waals surface area contributed by atoms with Crippen LogP contribution >= 0.6 is 0 Å². The molecule has 2 aliphatic carbocycles. The minimum Gasteiger partial charge on any atom is -0.399 e. The van der Waals surface area contributed by atoms with Crippen molar-refractivity contribution in [1.82, 2.24) is 19.9 Å². The number of hydrogen-bond acceptors (Lipinski definition) is 6. The lowest BCUT2D eigenvalue weighted by Gasteiger charge is -2.32. The van der Waals surface area contributed by atoms with E-state index in [0.717, 1.165) is 46.3 Å². The molecule has 272 valence electrons. The van der Waals surface area contributed by atoms with Gasteiger partial charge < -0.3 is 9.31 Å².